The zero-order valence-electron chi connectivity index (χ0n) is 17.9. The van der Waals surface area contributed by atoms with Crippen LogP contribution in [0.25, 0.3) is 5.70 Å². The second-order valence-corrected chi connectivity index (χ2v) is 7.74. The number of benzene rings is 3. The highest BCUT2D eigenvalue weighted by molar-refractivity contribution is 5.74. The van der Waals surface area contributed by atoms with E-state index in [-0.39, 0.29) is 6.42 Å². The zero-order chi connectivity index (χ0) is 22.2. The normalized spacial score (nSPS) is 17.1. The molecule has 1 unspecified atom stereocenters. The van der Waals surface area contributed by atoms with Crippen molar-refractivity contribution in [3.8, 4) is 11.8 Å². The quantitative estimate of drug-likeness (QED) is 0.385. The van der Waals surface area contributed by atoms with Gasteiger partial charge in [-0.3, -0.25) is 4.79 Å². The molecule has 0 saturated heterocycles. The lowest BCUT2D eigenvalue weighted by molar-refractivity contribution is -0.137. The van der Waals surface area contributed by atoms with Crippen molar-refractivity contribution < 1.29 is 9.90 Å². The Labute approximate surface area is 189 Å². The predicted octanol–water partition coefficient (Wildman–Crippen LogP) is 5.60. The number of nitrogens with one attached hydrogen (secondary N) is 1. The van der Waals surface area contributed by atoms with E-state index in [9.17, 15) is 4.79 Å². The third kappa shape index (κ3) is 4.68. The van der Waals surface area contributed by atoms with Crippen LogP contribution in [0.5, 0.6) is 0 Å². The smallest absolute Gasteiger partial charge is 0.303 e. The van der Waals surface area contributed by atoms with Crippen molar-refractivity contribution in [1.29, 1.82) is 0 Å². The van der Waals surface area contributed by atoms with E-state index in [4.69, 9.17) is 5.11 Å². The van der Waals surface area contributed by atoms with Crippen LogP contribution in [0.15, 0.2) is 97.2 Å². The van der Waals surface area contributed by atoms with Crippen molar-refractivity contribution in [3.05, 3.63) is 108 Å². The molecule has 1 aliphatic heterocycles. The maximum Gasteiger partial charge on any atom is 0.303 e. The van der Waals surface area contributed by atoms with E-state index in [0.717, 1.165) is 22.5 Å². The fraction of sp³-hybridized carbons (Fsp3) is 0.179. The number of nitrogens with zero attached hydrogens (tertiary/aromatic N) is 1. The third-order valence-corrected chi connectivity index (χ3v) is 5.54. The van der Waals surface area contributed by atoms with Crippen LogP contribution in [0.3, 0.4) is 0 Å². The lowest BCUT2D eigenvalue weighted by Gasteiger charge is -2.39. The SMILES string of the molecule is O=C(O)CCCC#CCC1(c2ccccc2)NC(c2ccccc2)=CN1c1ccccc1. The molecule has 3 aromatic rings. The second kappa shape index (κ2) is 9.89. The number of anilines is 1. The third-order valence-electron chi connectivity index (χ3n) is 5.54. The summed E-state index contributed by atoms with van der Waals surface area (Å²) in [5.74, 6) is 5.74. The van der Waals surface area contributed by atoms with Gasteiger partial charge in [-0.05, 0) is 29.7 Å². The standard InChI is InChI=1S/C28H26N2O2/c31-27(32)20-12-1-2-13-21-28(24-16-8-4-9-17-24)29-26(23-14-6-3-7-15-23)22-30(28)25-18-10-5-11-19-25/h3-11,14-19,22,29H,1,12,20-21H2,(H,31,32). The Balaban J connectivity index is 1.73. The average Bonchev–Trinajstić information content (AvgIpc) is 3.24. The number of carboxylic acid groups (broad SMARTS) is 1. The van der Waals surface area contributed by atoms with Crippen molar-refractivity contribution in [1.82, 2.24) is 5.32 Å². The number of carbonyl (C=O) groups is 1. The number of hydrogen-bond donors (Lipinski definition) is 2. The molecular formula is C28H26N2O2. The number of carboxylic acids is 1. The maximum atomic E-state index is 10.8. The van der Waals surface area contributed by atoms with Gasteiger partial charge in [0.2, 0.25) is 0 Å². The van der Waals surface area contributed by atoms with Crippen molar-refractivity contribution in [2.45, 2.75) is 31.3 Å². The Bertz CT molecular complexity index is 1130. The highest BCUT2D eigenvalue weighted by Gasteiger charge is 2.42. The maximum absolute atomic E-state index is 10.8. The first-order valence-corrected chi connectivity index (χ1v) is 10.8. The summed E-state index contributed by atoms with van der Waals surface area (Å²) in [6.07, 6.45) is 3.98. The lowest BCUT2D eigenvalue weighted by Crippen LogP contribution is -2.49. The molecule has 4 heteroatoms. The lowest BCUT2D eigenvalue weighted by atomic mass is 9.94. The number of rotatable bonds is 7. The summed E-state index contributed by atoms with van der Waals surface area (Å²) < 4.78 is 0. The average molecular weight is 423 g/mol. The van der Waals surface area contributed by atoms with Gasteiger partial charge < -0.3 is 15.3 Å². The molecule has 0 bridgehead atoms. The Kier molecular flexibility index (Phi) is 6.57. The number of hydrogen-bond acceptors (Lipinski definition) is 3. The summed E-state index contributed by atoms with van der Waals surface area (Å²) >= 11 is 0. The fourth-order valence-electron chi connectivity index (χ4n) is 3.97. The summed E-state index contributed by atoms with van der Waals surface area (Å²) in [7, 11) is 0. The van der Waals surface area contributed by atoms with Crippen molar-refractivity contribution in [3.63, 3.8) is 0 Å². The van der Waals surface area contributed by atoms with E-state index in [0.29, 0.717) is 19.3 Å². The molecular weight excluding hydrogens is 396 g/mol. The molecule has 4 nitrogen and oxygen atoms in total. The molecule has 160 valence electrons. The van der Waals surface area contributed by atoms with Crippen LogP contribution in [-0.4, -0.2) is 11.1 Å². The molecule has 3 aromatic carbocycles. The summed E-state index contributed by atoms with van der Waals surface area (Å²) in [6, 6.07) is 30.9. The van der Waals surface area contributed by atoms with Crippen molar-refractivity contribution >= 4 is 17.4 Å². The van der Waals surface area contributed by atoms with E-state index in [1.165, 1.54) is 0 Å². The Hall–Kier alpha value is -3.97. The van der Waals surface area contributed by atoms with E-state index in [1.54, 1.807) is 0 Å². The van der Waals surface area contributed by atoms with Gasteiger partial charge in [-0.1, -0.05) is 84.8 Å². The predicted molar refractivity (Wildman–Crippen MR) is 128 cm³/mol. The highest BCUT2D eigenvalue weighted by atomic mass is 16.4. The molecule has 0 aliphatic carbocycles. The van der Waals surface area contributed by atoms with E-state index >= 15 is 0 Å². The van der Waals surface area contributed by atoms with Gasteiger partial charge >= 0.3 is 5.97 Å². The van der Waals surface area contributed by atoms with Gasteiger partial charge in [0.25, 0.3) is 0 Å². The minimum absolute atomic E-state index is 0.145. The van der Waals surface area contributed by atoms with Crippen LogP contribution in [0, 0.1) is 11.8 Å². The van der Waals surface area contributed by atoms with E-state index in [2.05, 4.69) is 64.7 Å². The molecule has 0 radical (unpaired) electrons. The van der Waals surface area contributed by atoms with Gasteiger partial charge in [0.1, 0.15) is 0 Å². The van der Waals surface area contributed by atoms with Crippen LogP contribution >= 0.6 is 0 Å². The number of para-hydroxylation sites is 1. The minimum Gasteiger partial charge on any atom is -0.481 e. The van der Waals surface area contributed by atoms with Gasteiger partial charge in [0, 0.05) is 24.7 Å². The summed E-state index contributed by atoms with van der Waals surface area (Å²) in [5, 5.41) is 12.6. The highest BCUT2D eigenvalue weighted by Crippen LogP contribution is 2.41. The van der Waals surface area contributed by atoms with Crippen LogP contribution < -0.4 is 10.2 Å². The first-order chi connectivity index (χ1) is 15.7. The number of aliphatic carboxylic acids is 1. The van der Waals surface area contributed by atoms with Crippen LogP contribution in [-0.2, 0) is 10.5 Å². The molecule has 1 heterocycles. The van der Waals surface area contributed by atoms with E-state index < -0.39 is 11.6 Å². The molecule has 0 spiro atoms. The zero-order valence-corrected chi connectivity index (χ0v) is 17.9. The monoisotopic (exact) mass is 422 g/mol. The van der Waals surface area contributed by atoms with Gasteiger partial charge in [-0.2, -0.15) is 0 Å². The summed E-state index contributed by atoms with van der Waals surface area (Å²) in [4.78, 5) is 13.0. The Morgan fingerprint density at radius 3 is 2.16 bits per heavy atom. The van der Waals surface area contributed by atoms with Gasteiger partial charge in [0.05, 0.1) is 12.1 Å². The first-order valence-electron chi connectivity index (χ1n) is 10.8. The van der Waals surface area contributed by atoms with Crippen LogP contribution in [0.2, 0.25) is 0 Å². The van der Waals surface area contributed by atoms with Crippen molar-refractivity contribution in [2.24, 2.45) is 0 Å². The van der Waals surface area contributed by atoms with Gasteiger partial charge in [0.15, 0.2) is 5.66 Å². The van der Waals surface area contributed by atoms with Crippen LogP contribution in [0.4, 0.5) is 5.69 Å². The second-order valence-electron chi connectivity index (χ2n) is 7.74. The Morgan fingerprint density at radius 2 is 1.50 bits per heavy atom. The van der Waals surface area contributed by atoms with Crippen LogP contribution in [0.1, 0.15) is 36.8 Å². The molecule has 1 atom stereocenters. The molecule has 32 heavy (non-hydrogen) atoms. The molecule has 4 rings (SSSR count). The van der Waals surface area contributed by atoms with Gasteiger partial charge in [-0.15, -0.1) is 5.92 Å². The first kappa shape index (κ1) is 21.3. The van der Waals surface area contributed by atoms with Gasteiger partial charge in [-0.25, -0.2) is 0 Å². The summed E-state index contributed by atoms with van der Waals surface area (Å²) in [6.45, 7) is 0. The largest absolute Gasteiger partial charge is 0.481 e. The Morgan fingerprint density at radius 1 is 0.875 bits per heavy atom. The number of unbranched alkanes of at least 4 members (excludes halogenated alkanes) is 1. The molecule has 2 N–H and O–H groups in total. The molecule has 0 saturated carbocycles. The fourth-order valence-corrected chi connectivity index (χ4v) is 3.97. The molecule has 0 amide bonds. The molecule has 1 aliphatic rings. The van der Waals surface area contributed by atoms with E-state index in [1.807, 2.05) is 54.6 Å². The summed E-state index contributed by atoms with van der Waals surface area (Å²) in [5.41, 5.74) is 3.76. The minimum atomic E-state index is -0.781. The molecule has 0 fully saturated rings. The molecule has 0 aromatic heterocycles. The van der Waals surface area contributed by atoms with Crippen molar-refractivity contribution in [2.75, 3.05) is 4.90 Å². The topological polar surface area (TPSA) is 52.6 Å².